The summed E-state index contributed by atoms with van der Waals surface area (Å²) in [6.07, 6.45) is 0. The molecule has 0 amide bonds. The van der Waals surface area contributed by atoms with Gasteiger partial charge in [-0.05, 0) is 0 Å². The molecule has 0 bridgehead atoms. The molecule has 0 radical (unpaired) electrons. The Kier molecular flexibility index (Phi) is 4.44. The average molecular weight is 225 g/mol. The number of carbonyl (C=O) groups is 1. The summed E-state index contributed by atoms with van der Waals surface area (Å²) >= 11 is 0. The summed E-state index contributed by atoms with van der Waals surface area (Å²) < 4.78 is 14.7. The summed E-state index contributed by atoms with van der Waals surface area (Å²) in [5, 5.41) is 2.91. The molecule has 0 fully saturated rings. The van der Waals surface area contributed by atoms with E-state index in [9.17, 15) is 4.79 Å². The van der Waals surface area contributed by atoms with Crippen molar-refractivity contribution < 1.29 is 19.0 Å². The molecule has 5 heteroatoms. The monoisotopic (exact) mass is 225 g/mol. The standard InChI is InChI=1S/C11H15NO4/c1-14-9-4-8(5-10(6-9)15-2)12-7-11(13)16-3/h4-6,12H,7H2,1-3H3. The van der Waals surface area contributed by atoms with Crippen molar-refractivity contribution in [3.8, 4) is 11.5 Å². The number of carbonyl (C=O) groups excluding carboxylic acids is 1. The van der Waals surface area contributed by atoms with Crippen LogP contribution in [0.2, 0.25) is 0 Å². The van der Waals surface area contributed by atoms with E-state index < -0.39 is 0 Å². The summed E-state index contributed by atoms with van der Waals surface area (Å²) in [6, 6.07) is 5.29. The van der Waals surface area contributed by atoms with Crippen LogP contribution in [-0.4, -0.2) is 33.8 Å². The summed E-state index contributed by atoms with van der Waals surface area (Å²) in [7, 11) is 4.48. The van der Waals surface area contributed by atoms with Gasteiger partial charge in [-0.15, -0.1) is 0 Å². The number of hydrogen-bond acceptors (Lipinski definition) is 5. The quantitative estimate of drug-likeness (QED) is 0.765. The number of esters is 1. The van der Waals surface area contributed by atoms with Gasteiger partial charge in [0.15, 0.2) is 0 Å². The van der Waals surface area contributed by atoms with Gasteiger partial charge in [0.05, 0.1) is 21.3 Å². The van der Waals surface area contributed by atoms with E-state index in [1.807, 2.05) is 0 Å². The molecule has 0 unspecified atom stereocenters. The Morgan fingerprint density at radius 2 is 1.69 bits per heavy atom. The van der Waals surface area contributed by atoms with Gasteiger partial charge in [0.1, 0.15) is 18.0 Å². The van der Waals surface area contributed by atoms with Crippen LogP contribution in [0.4, 0.5) is 5.69 Å². The molecule has 5 nitrogen and oxygen atoms in total. The van der Waals surface area contributed by atoms with E-state index in [0.29, 0.717) is 11.5 Å². The van der Waals surface area contributed by atoms with Gasteiger partial charge in [0, 0.05) is 23.9 Å². The van der Waals surface area contributed by atoms with Gasteiger partial charge in [-0.3, -0.25) is 4.79 Å². The molecule has 0 saturated carbocycles. The zero-order valence-corrected chi connectivity index (χ0v) is 9.57. The highest BCUT2D eigenvalue weighted by Gasteiger charge is 2.03. The highest BCUT2D eigenvalue weighted by molar-refractivity contribution is 5.75. The third kappa shape index (κ3) is 3.34. The van der Waals surface area contributed by atoms with Crippen molar-refractivity contribution in [1.82, 2.24) is 0 Å². The highest BCUT2D eigenvalue weighted by Crippen LogP contribution is 2.25. The summed E-state index contributed by atoms with van der Waals surface area (Å²) in [6.45, 7) is 0.104. The number of anilines is 1. The van der Waals surface area contributed by atoms with Crippen molar-refractivity contribution in [3.63, 3.8) is 0 Å². The molecule has 0 saturated heterocycles. The fourth-order valence-corrected chi connectivity index (χ4v) is 1.16. The maximum atomic E-state index is 10.9. The second-order valence-electron chi connectivity index (χ2n) is 3.03. The molecule has 0 aromatic heterocycles. The Labute approximate surface area is 94.3 Å². The lowest BCUT2D eigenvalue weighted by Crippen LogP contribution is -2.14. The van der Waals surface area contributed by atoms with Gasteiger partial charge < -0.3 is 19.5 Å². The molecule has 0 atom stereocenters. The molecule has 88 valence electrons. The lowest BCUT2D eigenvalue weighted by molar-refractivity contribution is -0.138. The van der Waals surface area contributed by atoms with Crippen molar-refractivity contribution in [1.29, 1.82) is 0 Å². The number of hydrogen-bond donors (Lipinski definition) is 1. The smallest absolute Gasteiger partial charge is 0.325 e. The van der Waals surface area contributed by atoms with Crippen LogP contribution in [0.3, 0.4) is 0 Å². The zero-order valence-electron chi connectivity index (χ0n) is 9.57. The van der Waals surface area contributed by atoms with E-state index in [-0.39, 0.29) is 12.5 Å². The molecule has 1 aromatic carbocycles. The molecular formula is C11H15NO4. The van der Waals surface area contributed by atoms with E-state index in [2.05, 4.69) is 10.1 Å². The van der Waals surface area contributed by atoms with Gasteiger partial charge in [-0.2, -0.15) is 0 Å². The van der Waals surface area contributed by atoms with Crippen LogP contribution in [0, 0.1) is 0 Å². The number of methoxy groups -OCH3 is 3. The molecule has 0 aliphatic carbocycles. The fraction of sp³-hybridized carbons (Fsp3) is 0.364. The Balaban J connectivity index is 2.74. The Morgan fingerprint density at radius 1 is 1.12 bits per heavy atom. The van der Waals surface area contributed by atoms with Crippen LogP contribution in [-0.2, 0) is 9.53 Å². The van der Waals surface area contributed by atoms with Crippen LogP contribution in [0.25, 0.3) is 0 Å². The minimum Gasteiger partial charge on any atom is -0.497 e. The van der Waals surface area contributed by atoms with Crippen molar-refractivity contribution >= 4 is 11.7 Å². The van der Waals surface area contributed by atoms with E-state index in [0.717, 1.165) is 5.69 Å². The van der Waals surface area contributed by atoms with E-state index in [4.69, 9.17) is 9.47 Å². The maximum absolute atomic E-state index is 10.9. The molecular weight excluding hydrogens is 210 g/mol. The maximum Gasteiger partial charge on any atom is 0.325 e. The van der Waals surface area contributed by atoms with Crippen molar-refractivity contribution in [2.45, 2.75) is 0 Å². The van der Waals surface area contributed by atoms with Crippen LogP contribution in [0.1, 0.15) is 0 Å². The minimum absolute atomic E-state index is 0.104. The first-order chi connectivity index (χ1) is 7.69. The molecule has 0 aliphatic heterocycles. The van der Waals surface area contributed by atoms with Gasteiger partial charge in [-0.25, -0.2) is 0 Å². The van der Waals surface area contributed by atoms with Crippen LogP contribution in [0.5, 0.6) is 11.5 Å². The number of ether oxygens (including phenoxy) is 3. The fourth-order valence-electron chi connectivity index (χ4n) is 1.16. The summed E-state index contributed by atoms with van der Waals surface area (Å²) in [4.78, 5) is 10.9. The molecule has 1 aromatic rings. The lowest BCUT2D eigenvalue weighted by Gasteiger charge is -2.09. The van der Waals surface area contributed by atoms with Gasteiger partial charge >= 0.3 is 5.97 Å². The van der Waals surface area contributed by atoms with Crippen molar-refractivity contribution in [3.05, 3.63) is 18.2 Å². The zero-order chi connectivity index (χ0) is 12.0. The molecule has 0 heterocycles. The predicted molar refractivity (Wildman–Crippen MR) is 60.1 cm³/mol. The van der Waals surface area contributed by atoms with Gasteiger partial charge in [-0.1, -0.05) is 0 Å². The third-order valence-electron chi connectivity index (χ3n) is 2.02. The van der Waals surface area contributed by atoms with Crippen LogP contribution < -0.4 is 14.8 Å². The van der Waals surface area contributed by atoms with Crippen LogP contribution in [0.15, 0.2) is 18.2 Å². The Morgan fingerprint density at radius 3 is 2.12 bits per heavy atom. The molecule has 0 spiro atoms. The SMILES string of the molecule is COC(=O)CNc1cc(OC)cc(OC)c1. The van der Waals surface area contributed by atoms with Gasteiger partial charge in [0.25, 0.3) is 0 Å². The molecule has 16 heavy (non-hydrogen) atoms. The first-order valence-corrected chi connectivity index (χ1v) is 4.73. The van der Waals surface area contributed by atoms with Crippen molar-refractivity contribution in [2.24, 2.45) is 0 Å². The normalized spacial score (nSPS) is 9.44. The second-order valence-corrected chi connectivity index (χ2v) is 3.03. The first-order valence-electron chi connectivity index (χ1n) is 4.73. The summed E-state index contributed by atoms with van der Waals surface area (Å²) in [5.74, 6) is 0.986. The van der Waals surface area contributed by atoms with E-state index in [1.165, 1.54) is 7.11 Å². The lowest BCUT2D eigenvalue weighted by atomic mass is 10.2. The van der Waals surface area contributed by atoms with E-state index in [1.54, 1.807) is 32.4 Å². The van der Waals surface area contributed by atoms with Crippen molar-refractivity contribution in [2.75, 3.05) is 33.2 Å². The number of nitrogens with one attached hydrogen (secondary N) is 1. The van der Waals surface area contributed by atoms with Crippen LogP contribution >= 0.6 is 0 Å². The minimum atomic E-state index is -0.332. The third-order valence-corrected chi connectivity index (χ3v) is 2.02. The first kappa shape index (κ1) is 12.2. The highest BCUT2D eigenvalue weighted by atomic mass is 16.5. The number of rotatable bonds is 5. The topological polar surface area (TPSA) is 56.8 Å². The average Bonchev–Trinajstić information content (AvgIpc) is 2.35. The second kappa shape index (κ2) is 5.85. The predicted octanol–water partition coefficient (Wildman–Crippen LogP) is 1.29. The van der Waals surface area contributed by atoms with E-state index >= 15 is 0 Å². The number of benzene rings is 1. The van der Waals surface area contributed by atoms with Gasteiger partial charge in [0.2, 0.25) is 0 Å². The summed E-state index contributed by atoms with van der Waals surface area (Å²) in [5.41, 5.74) is 0.738. The molecule has 1 rings (SSSR count). The largest absolute Gasteiger partial charge is 0.497 e. The molecule has 0 aliphatic rings. The Bertz CT molecular complexity index is 343. The Hall–Kier alpha value is -1.91. The molecule has 1 N–H and O–H groups in total.